The number of rotatable bonds is 7. The first-order valence-electron chi connectivity index (χ1n) is 7.78. The second kappa shape index (κ2) is 8.54. The molecular formula is C15H31N3O. The quantitative estimate of drug-likeness (QED) is 0.692. The number of hydrogen-bond donors (Lipinski definition) is 2. The molecule has 4 heteroatoms. The highest BCUT2D eigenvalue weighted by Gasteiger charge is 2.18. The van der Waals surface area contributed by atoms with Gasteiger partial charge in [-0.2, -0.15) is 0 Å². The predicted octanol–water partition coefficient (Wildman–Crippen LogP) is 1.74. The van der Waals surface area contributed by atoms with Crippen molar-refractivity contribution in [2.75, 3.05) is 19.6 Å². The minimum absolute atomic E-state index is 0.000364. The van der Waals surface area contributed by atoms with E-state index in [1.165, 1.54) is 25.8 Å². The van der Waals surface area contributed by atoms with E-state index < -0.39 is 0 Å². The lowest BCUT2D eigenvalue weighted by Gasteiger charge is -2.33. The highest BCUT2D eigenvalue weighted by atomic mass is 16.2. The summed E-state index contributed by atoms with van der Waals surface area (Å²) in [6, 6.07) is 0.349. The number of carbonyl (C=O) groups excluding carboxylic acids is 1. The summed E-state index contributed by atoms with van der Waals surface area (Å²) >= 11 is 0. The van der Waals surface area contributed by atoms with Crippen molar-refractivity contribution in [3.63, 3.8) is 0 Å². The van der Waals surface area contributed by atoms with Crippen molar-refractivity contribution in [3.8, 4) is 0 Å². The molecule has 0 spiro atoms. The predicted molar refractivity (Wildman–Crippen MR) is 79.9 cm³/mol. The summed E-state index contributed by atoms with van der Waals surface area (Å²) in [5.74, 6) is 0.468. The highest BCUT2D eigenvalue weighted by molar-refractivity contribution is 5.81. The van der Waals surface area contributed by atoms with E-state index >= 15 is 0 Å². The van der Waals surface area contributed by atoms with Gasteiger partial charge in [-0.05, 0) is 45.1 Å². The zero-order valence-corrected chi connectivity index (χ0v) is 12.8. The molecule has 1 aliphatic rings. The zero-order chi connectivity index (χ0) is 14.3. The molecule has 0 radical (unpaired) electrons. The van der Waals surface area contributed by atoms with Crippen molar-refractivity contribution in [3.05, 3.63) is 0 Å². The van der Waals surface area contributed by atoms with Crippen molar-refractivity contribution >= 4 is 5.91 Å². The van der Waals surface area contributed by atoms with Crippen molar-refractivity contribution in [2.24, 2.45) is 11.7 Å². The zero-order valence-electron chi connectivity index (χ0n) is 12.8. The molecule has 2 atom stereocenters. The van der Waals surface area contributed by atoms with E-state index in [9.17, 15) is 4.79 Å². The van der Waals surface area contributed by atoms with Gasteiger partial charge in [0.1, 0.15) is 0 Å². The van der Waals surface area contributed by atoms with E-state index in [-0.39, 0.29) is 11.9 Å². The van der Waals surface area contributed by atoms with Crippen molar-refractivity contribution in [2.45, 2.75) is 65.0 Å². The van der Waals surface area contributed by atoms with Crippen molar-refractivity contribution in [1.29, 1.82) is 0 Å². The maximum Gasteiger partial charge on any atom is 0.236 e. The van der Waals surface area contributed by atoms with E-state index in [0.717, 1.165) is 25.9 Å². The molecule has 0 aromatic carbocycles. The molecule has 3 N–H and O–H groups in total. The average Bonchev–Trinajstić information content (AvgIpc) is 2.35. The topological polar surface area (TPSA) is 58.4 Å². The summed E-state index contributed by atoms with van der Waals surface area (Å²) in [5.41, 5.74) is 5.84. The van der Waals surface area contributed by atoms with Gasteiger partial charge in [0.2, 0.25) is 5.91 Å². The molecule has 19 heavy (non-hydrogen) atoms. The van der Waals surface area contributed by atoms with Crippen LogP contribution < -0.4 is 11.1 Å². The van der Waals surface area contributed by atoms with Crippen molar-refractivity contribution < 1.29 is 4.79 Å². The number of nitrogens with one attached hydrogen (secondary N) is 1. The Morgan fingerprint density at radius 3 is 2.79 bits per heavy atom. The molecule has 1 aliphatic heterocycles. The molecule has 1 rings (SSSR count). The monoisotopic (exact) mass is 269 g/mol. The summed E-state index contributed by atoms with van der Waals surface area (Å²) in [6.07, 6.45) is 5.76. The van der Waals surface area contributed by atoms with Gasteiger partial charge >= 0.3 is 0 Å². The van der Waals surface area contributed by atoms with Crippen LogP contribution in [0.1, 0.15) is 52.9 Å². The first-order valence-corrected chi connectivity index (χ1v) is 7.78. The van der Waals surface area contributed by atoms with Gasteiger partial charge in [0.25, 0.3) is 0 Å². The van der Waals surface area contributed by atoms with Gasteiger partial charge in [-0.3, -0.25) is 4.79 Å². The Hall–Kier alpha value is -0.610. The molecule has 0 aliphatic carbocycles. The summed E-state index contributed by atoms with van der Waals surface area (Å²) in [7, 11) is 0. The van der Waals surface area contributed by atoms with Crippen LogP contribution in [0.15, 0.2) is 0 Å². The molecule has 0 bridgehead atoms. The standard InChI is InChI=1S/C15H31N3O/c1-12(2)11-14(16)15(19)17-8-6-10-18-9-5-4-7-13(18)3/h12-14H,4-11,16H2,1-3H3,(H,17,19). The SMILES string of the molecule is CC(C)CC(N)C(=O)NCCCN1CCCCC1C. The van der Waals surface area contributed by atoms with Gasteiger partial charge < -0.3 is 16.0 Å². The third-order valence-corrected chi connectivity index (χ3v) is 3.92. The largest absolute Gasteiger partial charge is 0.355 e. The lowest BCUT2D eigenvalue weighted by molar-refractivity contribution is -0.122. The van der Waals surface area contributed by atoms with Gasteiger partial charge in [-0.1, -0.05) is 20.3 Å². The van der Waals surface area contributed by atoms with Crippen LogP contribution in [0, 0.1) is 5.92 Å². The number of nitrogens with zero attached hydrogens (tertiary/aromatic N) is 1. The van der Waals surface area contributed by atoms with Crippen LogP contribution in [-0.2, 0) is 4.79 Å². The third-order valence-electron chi connectivity index (χ3n) is 3.92. The van der Waals surface area contributed by atoms with E-state index in [1.54, 1.807) is 0 Å². The number of amides is 1. The van der Waals surface area contributed by atoms with Crippen LogP contribution in [0.25, 0.3) is 0 Å². The normalized spacial score (nSPS) is 22.5. The number of piperidine rings is 1. The highest BCUT2D eigenvalue weighted by Crippen LogP contribution is 2.16. The van der Waals surface area contributed by atoms with E-state index in [4.69, 9.17) is 5.73 Å². The number of likely N-dealkylation sites (tertiary alicyclic amines) is 1. The molecule has 4 nitrogen and oxygen atoms in total. The summed E-state index contributed by atoms with van der Waals surface area (Å²) in [5, 5.41) is 2.95. The van der Waals surface area contributed by atoms with Crippen LogP contribution in [0.2, 0.25) is 0 Å². The summed E-state index contributed by atoms with van der Waals surface area (Å²) < 4.78 is 0. The Balaban J connectivity index is 2.11. The van der Waals surface area contributed by atoms with Crippen LogP contribution in [-0.4, -0.2) is 42.5 Å². The van der Waals surface area contributed by atoms with Gasteiger partial charge in [0, 0.05) is 19.1 Å². The molecule has 1 fully saturated rings. The maximum absolute atomic E-state index is 11.7. The summed E-state index contributed by atoms with van der Waals surface area (Å²) in [4.78, 5) is 14.3. The maximum atomic E-state index is 11.7. The fourth-order valence-corrected chi connectivity index (χ4v) is 2.73. The Labute approximate surface area is 118 Å². The third kappa shape index (κ3) is 6.39. The molecular weight excluding hydrogens is 238 g/mol. The minimum atomic E-state index is -0.353. The molecule has 1 amide bonds. The van der Waals surface area contributed by atoms with Crippen LogP contribution in [0.5, 0.6) is 0 Å². The molecule has 0 aromatic rings. The Morgan fingerprint density at radius 2 is 2.16 bits per heavy atom. The first kappa shape index (κ1) is 16.4. The fourth-order valence-electron chi connectivity index (χ4n) is 2.73. The van der Waals surface area contributed by atoms with E-state index in [0.29, 0.717) is 12.0 Å². The minimum Gasteiger partial charge on any atom is -0.355 e. The molecule has 2 unspecified atom stereocenters. The number of nitrogens with two attached hydrogens (primary N) is 1. The lowest BCUT2D eigenvalue weighted by Crippen LogP contribution is -2.43. The summed E-state index contributed by atoms with van der Waals surface area (Å²) in [6.45, 7) is 9.52. The molecule has 1 saturated heterocycles. The molecule has 112 valence electrons. The van der Waals surface area contributed by atoms with Gasteiger partial charge in [0.05, 0.1) is 6.04 Å². The molecule has 0 aromatic heterocycles. The van der Waals surface area contributed by atoms with E-state index in [1.807, 2.05) is 0 Å². The van der Waals surface area contributed by atoms with Gasteiger partial charge in [-0.15, -0.1) is 0 Å². The molecule has 0 saturated carbocycles. The van der Waals surface area contributed by atoms with Crippen LogP contribution >= 0.6 is 0 Å². The van der Waals surface area contributed by atoms with E-state index in [2.05, 4.69) is 31.0 Å². The van der Waals surface area contributed by atoms with Crippen molar-refractivity contribution in [1.82, 2.24) is 10.2 Å². The van der Waals surface area contributed by atoms with Gasteiger partial charge in [0.15, 0.2) is 0 Å². The number of carbonyl (C=O) groups is 1. The first-order chi connectivity index (χ1) is 9.00. The van der Waals surface area contributed by atoms with Crippen LogP contribution in [0.3, 0.4) is 0 Å². The Bertz CT molecular complexity index is 268. The smallest absolute Gasteiger partial charge is 0.236 e. The second-order valence-electron chi connectivity index (χ2n) is 6.26. The van der Waals surface area contributed by atoms with Gasteiger partial charge in [-0.25, -0.2) is 0 Å². The van der Waals surface area contributed by atoms with Crippen LogP contribution in [0.4, 0.5) is 0 Å². The number of hydrogen-bond acceptors (Lipinski definition) is 3. The lowest BCUT2D eigenvalue weighted by atomic mass is 10.0. The molecule has 1 heterocycles. The Morgan fingerprint density at radius 1 is 1.42 bits per heavy atom. The fraction of sp³-hybridized carbons (Fsp3) is 0.933. The second-order valence-corrected chi connectivity index (χ2v) is 6.26. The average molecular weight is 269 g/mol. The Kier molecular flexibility index (Phi) is 7.39.